The number of carbonyl (C=O) groups excluding carboxylic acids is 2. The zero-order valence-corrected chi connectivity index (χ0v) is 19.1. The van der Waals surface area contributed by atoms with Crippen LogP contribution in [0.15, 0.2) is 35.7 Å². The van der Waals surface area contributed by atoms with E-state index >= 15 is 0 Å². The van der Waals surface area contributed by atoms with E-state index < -0.39 is 12.1 Å². The van der Waals surface area contributed by atoms with Crippen molar-refractivity contribution in [2.24, 2.45) is 0 Å². The largest absolute Gasteiger partial charge is 0.449 e. The number of amides is 1. The second-order valence-corrected chi connectivity index (χ2v) is 8.50. The van der Waals surface area contributed by atoms with Crippen molar-refractivity contribution >= 4 is 46.4 Å². The second kappa shape index (κ2) is 11.2. The summed E-state index contributed by atoms with van der Waals surface area (Å²) in [6, 6.07) is 8.42. The Balaban J connectivity index is 1.50. The lowest BCUT2D eigenvalue weighted by molar-refractivity contribution is -0.122. The average molecular weight is 482 g/mol. The Bertz CT molecular complexity index is 1010. The molecule has 0 fully saturated rings. The Morgan fingerprint density at radius 3 is 2.68 bits per heavy atom. The number of tetrazole rings is 1. The van der Waals surface area contributed by atoms with Crippen LogP contribution < -0.4 is 5.32 Å². The van der Waals surface area contributed by atoms with E-state index in [1.165, 1.54) is 4.80 Å². The topological polar surface area (TPSA) is 99.0 Å². The maximum Gasteiger partial charge on any atom is 0.407 e. The lowest BCUT2D eigenvalue weighted by Gasteiger charge is -2.15. The van der Waals surface area contributed by atoms with Crippen molar-refractivity contribution in [1.82, 2.24) is 25.5 Å². The molecule has 11 heteroatoms. The van der Waals surface area contributed by atoms with E-state index in [0.717, 1.165) is 4.88 Å². The van der Waals surface area contributed by atoms with Gasteiger partial charge in [0.1, 0.15) is 6.54 Å². The van der Waals surface area contributed by atoms with E-state index in [9.17, 15) is 9.59 Å². The number of halogens is 2. The smallest absolute Gasteiger partial charge is 0.407 e. The lowest BCUT2D eigenvalue weighted by Crippen LogP contribution is -2.42. The zero-order valence-electron chi connectivity index (χ0n) is 16.8. The maximum absolute atomic E-state index is 12.6. The second-order valence-electron chi connectivity index (χ2n) is 6.65. The van der Waals surface area contributed by atoms with Crippen LogP contribution in [0.3, 0.4) is 0 Å². The number of ketones is 1. The number of nitrogens with one attached hydrogen (secondary N) is 1. The number of rotatable bonds is 10. The third-order valence-corrected chi connectivity index (χ3v) is 6.08. The molecule has 0 aliphatic heterocycles. The summed E-state index contributed by atoms with van der Waals surface area (Å²) in [7, 11) is 0. The van der Waals surface area contributed by atoms with Gasteiger partial charge < -0.3 is 10.1 Å². The molecule has 3 rings (SSSR count). The SMILES string of the molecule is CCC(NC(=O)OCCc1cccs1)C(=O)Cn1nnc(Cc2c(Cl)cccc2Cl)n1. The van der Waals surface area contributed by atoms with Crippen molar-refractivity contribution in [2.45, 2.75) is 38.8 Å². The molecular weight excluding hydrogens is 461 g/mol. The monoisotopic (exact) mass is 481 g/mol. The van der Waals surface area contributed by atoms with Gasteiger partial charge in [0.2, 0.25) is 0 Å². The van der Waals surface area contributed by atoms with Crippen LogP contribution in [0.5, 0.6) is 0 Å². The van der Waals surface area contributed by atoms with E-state index in [-0.39, 0.29) is 18.9 Å². The zero-order chi connectivity index (χ0) is 22.2. The van der Waals surface area contributed by atoms with E-state index in [0.29, 0.717) is 40.7 Å². The summed E-state index contributed by atoms with van der Waals surface area (Å²) in [5.41, 5.74) is 0.690. The molecule has 0 bridgehead atoms. The summed E-state index contributed by atoms with van der Waals surface area (Å²) >= 11 is 13.9. The molecule has 1 N–H and O–H groups in total. The molecule has 1 aromatic carbocycles. The van der Waals surface area contributed by atoms with Crippen LogP contribution in [0, 0.1) is 0 Å². The Hall–Kier alpha value is -2.49. The number of thiophene rings is 1. The van der Waals surface area contributed by atoms with Gasteiger partial charge in [0, 0.05) is 27.8 Å². The lowest BCUT2D eigenvalue weighted by atomic mass is 10.1. The number of ether oxygens (including phenoxy) is 1. The highest BCUT2D eigenvalue weighted by atomic mass is 35.5. The fourth-order valence-corrected chi connectivity index (χ4v) is 4.04. The fourth-order valence-electron chi connectivity index (χ4n) is 2.82. The maximum atomic E-state index is 12.6. The Labute approximate surface area is 193 Å². The van der Waals surface area contributed by atoms with Gasteiger partial charge in [-0.25, -0.2) is 4.79 Å². The van der Waals surface area contributed by atoms with Crippen LogP contribution in [-0.2, 0) is 28.9 Å². The first-order chi connectivity index (χ1) is 15.0. The van der Waals surface area contributed by atoms with Gasteiger partial charge in [-0.05, 0) is 40.8 Å². The summed E-state index contributed by atoms with van der Waals surface area (Å²) in [4.78, 5) is 26.9. The van der Waals surface area contributed by atoms with Crippen molar-refractivity contribution in [1.29, 1.82) is 0 Å². The van der Waals surface area contributed by atoms with Crippen molar-refractivity contribution in [3.05, 3.63) is 62.0 Å². The third kappa shape index (κ3) is 6.75. The molecule has 8 nitrogen and oxygen atoms in total. The number of benzene rings is 1. The van der Waals surface area contributed by atoms with Crippen LogP contribution in [0.2, 0.25) is 10.0 Å². The van der Waals surface area contributed by atoms with Crippen molar-refractivity contribution < 1.29 is 14.3 Å². The molecule has 1 unspecified atom stereocenters. The number of Topliss-reactive ketones (excluding diaryl/α,β-unsaturated/α-hetero) is 1. The molecule has 2 aromatic heterocycles. The number of carbonyl (C=O) groups is 2. The van der Waals surface area contributed by atoms with Crippen LogP contribution >= 0.6 is 34.5 Å². The van der Waals surface area contributed by atoms with E-state index in [1.807, 2.05) is 17.5 Å². The average Bonchev–Trinajstić information content (AvgIpc) is 3.41. The van der Waals surface area contributed by atoms with Gasteiger partial charge in [-0.1, -0.05) is 42.3 Å². The molecule has 31 heavy (non-hydrogen) atoms. The molecule has 1 amide bonds. The minimum atomic E-state index is -0.707. The molecule has 1 atom stereocenters. The minimum absolute atomic E-state index is 0.128. The van der Waals surface area contributed by atoms with Crippen LogP contribution in [0.4, 0.5) is 4.79 Å². The Morgan fingerprint density at radius 2 is 2.00 bits per heavy atom. The molecule has 164 valence electrons. The molecule has 0 saturated heterocycles. The molecule has 3 aromatic rings. The number of aromatic nitrogens is 4. The first-order valence-electron chi connectivity index (χ1n) is 9.64. The number of alkyl carbamates (subject to hydrolysis) is 1. The van der Waals surface area contributed by atoms with Gasteiger partial charge in [0.15, 0.2) is 11.6 Å². The predicted molar refractivity (Wildman–Crippen MR) is 119 cm³/mol. The van der Waals surface area contributed by atoms with Crippen LogP contribution in [-0.4, -0.2) is 44.7 Å². The Kier molecular flexibility index (Phi) is 8.39. The highest BCUT2D eigenvalue weighted by molar-refractivity contribution is 7.09. The van der Waals surface area contributed by atoms with Crippen molar-refractivity contribution in [2.75, 3.05) is 6.61 Å². The molecule has 0 radical (unpaired) electrons. The Morgan fingerprint density at radius 1 is 1.23 bits per heavy atom. The molecule has 0 aliphatic rings. The van der Waals surface area contributed by atoms with Gasteiger partial charge in [-0.15, -0.1) is 21.5 Å². The number of hydrogen-bond acceptors (Lipinski definition) is 7. The molecule has 0 aliphatic carbocycles. The highest BCUT2D eigenvalue weighted by Crippen LogP contribution is 2.25. The predicted octanol–water partition coefficient (Wildman–Crippen LogP) is 3.95. The number of hydrogen-bond donors (Lipinski definition) is 1. The van der Waals surface area contributed by atoms with Gasteiger partial charge in [-0.2, -0.15) is 4.80 Å². The van der Waals surface area contributed by atoms with E-state index in [2.05, 4.69) is 20.7 Å². The van der Waals surface area contributed by atoms with Crippen molar-refractivity contribution in [3.8, 4) is 0 Å². The van der Waals surface area contributed by atoms with Gasteiger partial charge in [-0.3, -0.25) is 4.79 Å². The van der Waals surface area contributed by atoms with Gasteiger partial charge in [0.05, 0.1) is 12.6 Å². The first-order valence-corrected chi connectivity index (χ1v) is 11.3. The van der Waals surface area contributed by atoms with Gasteiger partial charge >= 0.3 is 6.09 Å². The third-order valence-electron chi connectivity index (χ3n) is 4.44. The number of nitrogens with zero attached hydrogens (tertiary/aromatic N) is 4. The summed E-state index contributed by atoms with van der Waals surface area (Å²) in [6.45, 7) is 1.92. The highest BCUT2D eigenvalue weighted by Gasteiger charge is 2.21. The van der Waals surface area contributed by atoms with Crippen LogP contribution in [0.25, 0.3) is 0 Å². The van der Waals surface area contributed by atoms with Gasteiger partial charge in [0.25, 0.3) is 0 Å². The summed E-state index contributed by atoms with van der Waals surface area (Å²) in [5.74, 6) is 0.134. The van der Waals surface area contributed by atoms with E-state index in [1.54, 1.807) is 36.5 Å². The normalized spacial score (nSPS) is 11.8. The molecule has 0 spiro atoms. The minimum Gasteiger partial charge on any atom is -0.449 e. The summed E-state index contributed by atoms with van der Waals surface area (Å²) < 4.78 is 5.17. The fraction of sp³-hybridized carbons (Fsp3) is 0.350. The summed E-state index contributed by atoms with van der Waals surface area (Å²) in [6.07, 6.45) is 0.711. The standard InChI is InChI=1S/C20H21Cl2N5O3S/c1-2-17(23-20(29)30-9-8-13-5-4-10-31-13)18(28)12-27-25-19(24-26-27)11-14-15(21)6-3-7-16(14)22/h3-7,10,17H,2,8-9,11-12H2,1H3,(H,23,29). The molecule has 0 saturated carbocycles. The van der Waals surface area contributed by atoms with Crippen molar-refractivity contribution in [3.63, 3.8) is 0 Å². The summed E-state index contributed by atoms with van der Waals surface area (Å²) in [5, 5.41) is 17.7. The van der Waals surface area contributed by atoms with E-state index in [4.69, 9.17) is 27.9 Å². The molecule has 2 heterocycles. The quantitative estimate of drug-likeness (QED) is 0.470. The van der Waals surface area contributed by atoms with Crippen LogP contribution in [0.1, 0.15) is 29.6 Å². The first kappa shape index (κ1) is 23.2. The molecular formula is C20H21Cl2N5O3S.